The molecule has 0 saturated heterocycles. The summed E-state index contributed by atoms with van der Waals surface area (Å²) >= 11 is 0. The summed E-state index contributed by atoms with van der Waals surface area (Å²) in [6, 6.07) is 0. The van der Waals surface area contributed by atoms with E-state index in [1.54, 1.807) is 0 Å². The van der Waals surface area contributed by atoms with Crippen molar-refractivity contribution < 1.29 is 9.53 Å². The van der Waals surface area contributed by atoms with Gasteiger partial charge >= 0.3 is 6.09 Å². The minimum Gasteiger partial charge on any atom is -0.444 e. The molecular weight excluding hydrogens is 226 g/mol. The first-order chi connectivity index (χ1) is 8.35. The molecule has 0 spiro atoms. The highest BCUT2D eigenvalue weighted by Crippen LogP contribution is 2.13. The molecule has 1 atom stereocenters. The number of hydrogen-bond acceptors (Lipinski definition) is 2. The van der Waals surface area contributed by atoms with Gasteiger partial charge in [-0.15, -0.1) is 0 Å². The van der Waals surface area contributed by atoms with Crippen molar-refractivity contribution in [2.24, 2.45) is 5.92 Å². The lowest BCUT2D eigenvalue weighted by molar-refractivity contribution is 0.0525. The molecule has 108 valence electrons. The van der Waals surface area contributed by atoms with Gasteiger partial charge < -0.3 is 10.1 Å². The Morgan fingerprint density at radius 3 is 2.39 bits per heavy atom. The second kappa shape index (κ2) is 9.23. The topological polar surface area (TPSA) is 38.3 Å². The first-order valence-corrected chi connectivity index (χ1v) is 7.32. The van der Waals surface area contributed by atoms with E-state index in [9.17, 15) is 4.79 Å². The number of hydrogen-bond donors (Lipinski definition) is 1. The number of unbranched alkanes of at least 4 members (excludes halogenated alkanes) is 3. The largest absolute Gasteiger partial charge is 0.444 e. The van der Waals surface area contributed by atoms with Crippen molar-refractivity contribution in [1.82, 2.24) is 5.32 Å². The summed E-state index contributed by atoms with van der Waals surface area (Å²) in [6.45, 7) is 10.8. The molecule has 18 heavy (non-hydrogen) atoms. The molecule has 0 aliphatic heterocycles. The van der Waals surface area contributed by atoms with Gasteiger partial charge in [0, 0.05) is 6.54 Å². The molecule has 0 rings (SSSR count). The summed E-state index contributed by atoms with van der Waals surface area (Å²) in [5.41, 5.74) is -0.407. The maximum absolute atomic E-state index is 11.4. The lowest BCUT2D eigenvalue weighted by Gasteiger charge is -2.20. The molecule has 0 aromatic heterocycles. The Kier molecular flexibility index (Phi) is 8.86. The Hall–Kier alpha value is -0.730. The summed E-state index contributed by atoms with van der Waals surface area (Å²) in [4.78, 5) is 11.4. The third-order valence-electron chi connectivity index (χ3n) is 2.86. The van der Waals surface area contributed by atoms with E-state index in [1.807, 2.05) is 20.8 Å². The van der Waals surface area contributed by atoms with E-state index in [1.165, 1.54) is 32.1 Å². The van der Waals surface area contributed by atoms with E-state index < -0.39 is 5.60 Å². The Balaban J connectivity index is 3.50. The minimum absolute atomic E-state index is 0.305. The van der Waals surface area contributed by atoms with Gasteiger partial charge in [0.05, 0.1) is 0 Å². The van der Waals surface area contributed by atoms with Gasteiger partial charge in [0.1, 0.15) is 5.60 Å². The Morgan fingerprint density at radius 2 is 1.83 bits per heavy atom. The zero-order valence-electron chi connectivity index (χ0n) is 12.8. The van der Waals surface area contributed by atoms with Gasteiger partial charge in [-0.2, -0.15) is 0 Å². The van der Waals surface area contributed by atoms with Gasteiger partial charge in [0.25, 0.3) is 0 Å². The number of alkyl carbamates (subject to hydrolysis) is 1. The van der Waals surface area contributed by atoms with Crippen LogP contribution in [0.2, 0.25) is 0 Å². The molecule has 0 aliphatic rings. The Morgan fingerprint density at radius 1 is 1.17 bits per heavy atom. The quantitative estimate of drug-likeness (QED) is 0.650. The van der Waals surface area contributed by atoms with Crippen LogP contribution in [0.15, 0.2) is 0 Å². The summed E-state index contributed by atoms with van der Waals surface area (Å²) in [7, 11) is 0. The van der Waals surface area contributed by atoms with E-state index in [0.717, 1.165) is 6.42 Å². The highest BCUT2D eigenvalue weighted by molar-refractivity contribution is 5.67. The molecule has 1 unspecified atom stereocenters. The molecule has 0 fully saturated rings. The van der Waals surface area contributed by atoms with Gasteiger partial charge in [-0.25, -0.2) is 4.79 Å². The van der Waals surface area contributed by atoms with Crippen molar-refractivity contribution in [3.8, 4) is 0 Å². The van der Waals surface area contributed by atoms with Crippen molar-refractivity contribution >= 4 is 6.09 Å². The second-order valence-electron chi connectivity index (χ2n) is 6.17. The maximum Gasteiger partial charge on any atom is 0.407 e. The average molecular weight is 257 g/mol. The normalized spacial score (nSPS) is 13.2. The lowest BCUT2D eigenvalue weighted by atomic mass is 9.99. The molecule has 0 heterocycles. The third kappa shape index (κ3) is 11.7. The number of carbonyl (C=O) groups excluding carboxylic acids is 1. The highest BCUT2D eigenvalue weighted by atomic mass is 16.6. The van der Waals surface area contributed by atoms with Crippen LogP contribution in [-0.4, -0.2) is 18.2 Å². The van der Waals surface area contributed by atoms with Crippen molar-refractivity contribution in [2.75, 3.05) is 6.54 Å². The van der Waals surface area contributed by atoms with Gasteiger partial charge in [0.2, 0.25) is 0 Å². The Bertz CT molecular complexity index is 221. The summed E-state index contributed by atoms with van der Waals surface area (Å²) in [6.07, 6.45) is 7.25. The van der Waals surface area contributed by atoms with Crippen molar-refractivity contribution in [3.05, 3.63) is 0 Å². The first-order valence-electron chi connectivity index (χ1n) is 7.32. The maximum atomic E-state index is 11.4. The number of ether oxygens (including phenoxy) is 1. The monoisotopic (exact) mass is 257 g/mol. The number of nitrogens with one attached hydrogen (secondary N) is 1. The van der Waals surface area contributed by atoms with E-state index in [0.29, 0.717) is 12.5 Å². The van der Waals surface area contributed by atoms with E-state index in [-0.39, 0.29) is 6.09 Å². The van der Waals surface area contributed by atoms with Crippen molar-refractivity contribution in [1.29, 1.82) is 0 Å². The van der Waals surface area contributed by atoms with Crippen LogP contribution in [0, 0.1) is 5.92 Å². The van der Waals surface area contributed by atoms with Crippen LogP contribution in [0.3, 0.4) is 0 Å². The molecule has 0 aromatic carbocycles. The zero-order valence-corrected chi connectivity index (χ0v) is 12.8. The molecule has 0 aromatic rings. The standard InChI is InChI=1S/C15H31NO2/c1-6-7-8-9-10-13(2)11-12-16-14(17)18-15(3,4)5/h13H,6-12H2,1-5H3,(H,16,17). The SMILES string of the molecule is CCCCCCC(C)CCNC(=O)OC(C)(C)C. The van der Waals surface area contributed by atoms with E-state index in [2.05, 4.69) is 19.2 Å². The van der Waals surface area contributed by atoms with Gasteiger partial charge in [-0.1, -0.05) is 46.0 Å². The van der Waals surface area contributed by atoms with Crippen LogP contribution in [-0.2, 0) is 4.74 Å². The van der Waals surface area contributed by atoms with E-state index in [4.69, 9.17) is 4.74 Å². The average Bonchev–Trinajstić information content (AvgIpc) is 2.22. The lowest BCUT2D eigenvalue weighted by Crippen LogP contribution is -2.33. The van der Waals surface area contributed by atoms with Crippen molar-refractivity contribution in [3.63, 3.8) is 0 Å². The minimum atomic E-state index is -0.407. The van der Waals surface area contributed by atoms with Crippen LogP contribution in [0.5, 0.6) is 0 Å². The fraction of sp³-hybridized carbons (Fsp3) is 0.933. The first kappa shape index (κ1) is 17.3. The van der Waals surface area contributed by atoms with Crippen LogP contribution >= 0.6 is 0 Å². The predicted molar refractivity (Wildman–Crippen MR) is 76.8 cm³/mol. The second-order valence-corrected chi connectivity index (χ2v) is 6.17. The molecule has 3 nitrogen and oxygen atoms in total. The molecule has 1 N–H and O–H groups in total. The number of rotatable bonds is 8. The van der Waals surface area contributed by atoms with Gasteiger partial charge in [-0.05, 0) is 33.1 Å². The summed E-state index contributed by atoms with van der Waals surface area (Å²) in [5.74, 6) is 0.678. The smallest absolute Gasteiger partial charge is 0.407 e. The van der Waals surface area contributed by atoms with Gasteiger partial charge in [0.15, 0.2) is 0 Å². The third-order valence-corrected chi connectivity index (χ3v) is 2.86. The molecule has 0 radical (unpaired) electrons. The van der Waals surface area contributed by atoms with Crippen LogP contribution in [0.25, 0.3) is 0 Å². The molecule has 1 amide bonds. The van der Waals surface area contributed by atoms with Crippen LogP contribution < -0.4 is 5.32 Å². The van der Waals surface area contributed by atoms with Crippen LogP contribution in [0.4, 0.5) is 4.79 Å². The van der Waals surface area contributed by atoms with Crippen LogP contribution in [0.1, 0.15) is 73.1 Å². The van der Waals surface area contributed by atoms with Gasteiger partial charge in [-0.3, -0.25) is 0 Å². The molecule has 0 bridgehead atoms. The molecule has 3 heteroatoms. The fourth-order valence-corrected chi connectivity index (χ4v) is 1.80. The predicted octanol–water partition coefficient (Wildman–Crippen LogP) is 4.51. The zero-order chi connectivity index (χ0) is 14.0. The fourth-order valence-electron chi connectivity index (χ4n) is 1.80. The summed E-state index contributed by atoms with van der Waals surface area (Å²) in [5, 5.41) is 2.81. The Labute approximate surface area is 113 Å². The van der Waals surface area contributed by atoms with E-state index >= 15 is 0 Å². The highest BCUT2D eigenvalue weighted by Gasteiger charge is 2.15. The molecule has 0 saturated carbocycles. The number of carbonyl (C=O) groups is 1. The number of amides is 1. The molecule has 0 aliphatic carbocycles. The summed E-state index contributed by atoms with van der Waals surface area (Å²) < 4.78 is 5.18. The molecular formula is C15H31NO2. The van der Waals surface area contributed by atoms with Crippen molar-refractivity contribution in [2.45, 2.75) is 78.7 Å².